The predicted molar refractivity (Wildman–Crippen MR) is 72.9 cm³/mol. The molecule has 0 fully saturated rings. The van der Waals surface area contributed by atoms with Crippen LogP contribution in [0.4, 0.5) is 5.69 Å². The van der Waals surface area contributed by atoms with Crippen LogP contribution >= 0.6 is 0 Å². The van der Waals surface area contributed by atoms with Gasteiger partial charge in [0.1, 0.15) is 5.56 Å². The standard InChI is InChI=1S/C13H19N3O3/c1-13(2,8-14)9-15(3)12(17)10-6-4-5-7-11(10)16(18)19/h4-7H,8-9,14H2,1-3H3. The number of benzene rings is 1. The van der Waals surface area contributed by atoms with Crippen molar-refractivity contribution in [2.75, 3.05) is 20.1 Å². The lowest BCUT2D eigenvalue weighted by molar-refractivity contribution is -0.385. The Morgan fingerprint density at radius 1 is 1.42 bits per heavy atom. The zero-order valence-electron chi connectivity index (χ0n) is 11.4. The maximum absolute atomic E-state index is 12.2. The summed E-state index contributed by atoms with van der Waals surface area (Å²) in [6.07, 6.45) is 0. The van der Waals surface area contributed by atoms with Crippen molar-refractivity contribution in [2.24, 2.45) is 11.1 Å². The van der Waals surface area contributed by atoms with E-state index in [0.717, 1.165) is 0 Å². The Labute approximate surface area is 112 Å². The third kappa shape index (κ3) is 3.75. The second-order valence-corrected chi connectivity index (χ2v) is 5.30. The molecule has 0 saturated heterocycles. The highest BCUT2D eigenvalue weighted by molar-refractivity contribution is 5.97. The largest absolute Gasteiger partial charge is 0.341 e. The second-order valence-electron chi connectivity index (χ2n) is 5.30. The van der Waals surface area contributed by atoms with Gasteiger partial charge in [-0.05, 0) is 18.0 Å². The average molecular weight is 265 g/mol. The Kier molecular flexibility index (Phi) is 4.61. The number of nitrogens with zero attached hydrogens (tertiary/aromatic N) is 2. The summed E-state index contributed by atoms with van der Waals surface area (Å²) in [5.41, 5.74) is 5.32. The van der Waals surface area contributed by atoms with Crippen LogP contribution in [-0.2, 0) is 0 Å². The van der Waals surface area contributed by atoms with Crippen molar-refractivity contribution in [1.29, 1.82) is 0 Å². The third-order valence-corrected chi connectivity index (χ3v) is 2.90. The molecule has 19 heavy (non-hydrogen) atoms. The van der Waals surface area contributed by atoms with Crippen LogP contribution in [0, 0.1) is 15.5 Å². The molecule has 6 nitrogen and oxygen atoms in total. The zero-order valence-corrected chi connectivity index (χ0v) is 11.4. The highest BCUT2D eigenvalue weighted by Gasteiger charge is 2.26. The summed E-state index contributed by atoms with van der Waals surface area (Å²) in [5, 5.41) is 10.9. The fraction of sp³-hybridized carbons (Fsp3) is 0.462. The minimum atomic E-state index is -0.546. The first-order chi connectivity index (χ1) is 8.78. The lowest BCUT2D eigenvalue weighted by Gasteiger charge is -2.29. The molecule has 0 saturated carbocycles. The summed E-state index contributed by atoms with van der Waals surface area (Å²) in [7, 11) is 1.62. The quantitative estimate of drug-likeness (QED) is 0.647. The predicted octanol–water partition coefficient (Wildman–Crippen LogP) is 1.65. The van der Waals surface area contributed by atoms with Gasteiger partial charge in [0.15, 0.2) is 0 Å². The van der Waals surface area contributed by atoms with E-state index in [0.29, 0.717) is 13.1 Å². The van der Waals surface area contributed by atoms with Crippen LogP contribution in [0.25, 0.3) is 0 Å². The zero-order chi connectivity index (χ0) is 14.6. The molecule has 104 valence electrons. The molecule has 0 unspecified atom stereocenters. The molecule has 0 spiro atoms. The number of amides is 1. The summed E-state index contributed by atoms with van der Waals surface area (Å²) >= 11 is 0. The second kappa shape index (κ2) is 5.79. The van der Waals surface area contributed by atoms with Crippen molar-refractivity contribution < 1.29 is 9.72 Å². The minimum Gasteiger partial charge on any atom is -0.341 e. The maximum atomic E-state index is 12.2. The van der Waals surface area contributed by atoms with E-state index in [2.05, 4.69) is 0 Å². The highest BCUT2D eigenvalue weighted by Crippen LogP contribution is 2.21. The molecule has 0 aliphatic carbocycles. The Hall–Kier alpha value is -1.95. The number of hydrogen-bond donors (Lipinski definition) is 1. The molecule has 1 aromatic carbocycles. The van der Waals surface area contributed by atoms with Crippen LogP contribution in [0.1, 0.15) is 24.2 Å². The summed E-state index contributed by atoms with van der Waals surface area (Å²) in [4.78, 5) is 24.1. The highest BCUT2D eigenvalue weighted by atomic mass is 16.6. The number of carbonyl (C=O) groups excluding carboxylic acids is 1. The van der Waals surface area contributed by atoms with Crippen LogP contribution in [0.15, 0.2) is 24.3 Å². The van der Waals surface area contributed by atoms with Gasteiger partial charge in [-0.3, -0.25) is 14.9 Å². The molecule has 0 atom stereocenters. The number of nitrogens with two attached hydrogens (primary N) is 1. The van der Waals surface area contributed by atoms with Crippen LogP contribution in [0.2, 0.25) is 0 Å². The summed E-state index contributed by atoms with van der Waals surface area (Å²) in [6, 6.07) is 5.95. The molecule has 0 aliphatic heterocycles. The van der Waals surface area contributed by atoms with E-state index >= 15 is 0 Å². The summed E-state index contributed by atoms with van der Waals surface area (Å²) in [6.45, 7) is 4.75. The summed E-state index contributed by atoms with van der Waals surface area (Å²) in [5.74, 6) is -0.367. The lowest BCUT2D eigenvalue weighted by atomic mass is 9.93. The number of carbonyl (C=O) groups is 1. The third-order valence-electron chi connectivity index (χ3n) is 2.90. The Morgan fingerprint density at radius 3 is 2.53 bits per heavy atom. The van der Waals surface area contributed by atoms with Crippen molar-refractivity contribution in [1.82, 2.24) is 4.90 Å². The van der Waals surface area contributed by atoms with Gasteiger partial charge in [-0.1, -0.05) is 26.0 Å². The van der Waals surface area contributed by atoms with Crippen LogP contribution in [-0.4, -0.2) is 35.9 Å². The fourth-order valence-corrected chi connectivity index (χ4v) is 1.80. The molecule has 1 aromatic rings. The molecular weight excluding hydrogens is 246 g/mol. The van der Waals surface area contributed by atoms with Gasteiger partial charge < -0.3 is 10.6 Å². The molecule has 2 N–H and O–H groups in total. The van der Waals surface area contributed by atoms with Gasteiger partial charge in [0, 0.05) is 19.7 Å². The van der Waals surface area contributed by atoms with Gasteiger partial charge in [-0.25, -0.2) is 0 Å². The number of hydrogen-bond acceptors (Lipinski definition) is 4. The minimum absolute atomic E-state index is 0.0998. The van der Waals surface area contributed by atoms with E-state index in [1.165, 1.54) is 17.0 Å². The van der Waals surface area contributed by atoms with Gasteiger partial charge in [-0.2, -0.15) is 0 Å². The molecule has 0 heterocycles. The van der Waals surface area contributed by atoms with Crippen molar-refractivity contribution in [2.45, 2.75) is 13.8 Å². The molecule has 1 rings (SSSR count). The first-order valence-corrected chi connectivity index (χ1v) is 5.97. The molecule has 0 bridgehead atoms. The lowest BCUT2D eigenvalue weighted by Crippen LogP contribution is -2.39. The molecule has 1 amide bonds. The van der Waals surface area contributed by atoms with Crippen LogP contribution < -0.4 is 5.73 Å². The Morgan fingerprint density at radius 2 is 2.00 bits per heavy atom. The summed E-state index contributed by atoms with van der Waals surface area (Å²) < 4.78 is 0. The number of nitro groups is 1. The maximum Gasteiger partial charge on any atom is 0.282 e. The first kappa shape index (κ1) is 15.1. The number of rotatable bonds is 5. The van der Waals surface area contributed by atoms with Gasteiger partial charge in [0.05, 0.1) is 4.92 Å². The molecular formula is C13H19N3O3. The normalized spacial score (nSPS) is 11.2. The SMILES string of the molecule is CN(CC(C)(C)CN)C(=O)c1ccccc1[N+](=O)[O-]. The van der Waals surface area contributed by atoms with Crippen molar-refractivity contribution >= 4 is 11.6 Å². The molecule has 0 aromatic heterocycles. The van der Waals surface area contributed by atoms with E-state index in [1.807, 2.05) is 13.8 Å². The first-order valence-electron chi connectivity index (χ1n) is 5.97. The van der Waals surface area contributed by atoms with Gasteiger partial charge in [-0.15, -0.1) is 0 Å². The average Bonchev–Trinajstić information content (AvgIpc) is 2.37. The monoisotopic (exact) mass is 265 g/mol. The number of para-hydroxylation sites is 1. The van der Waals surface area contributed by atoms with Gasteiger partial charge in [0.2, 0.25) is 0 Å². The van der Waals surface area contributed by atoms with Gasteiger partial charge >= 0.3 is 0 Å². The van der Waals surface area contributed by atoms with E-state index < -0.39 is 4.92 Å². The van der Waals surface area contributed by atoms with Crippen LogP contribution in [0.5, 0.6) is 0 Å². The van der Waals surface area contributed by atoms with Crippen molar-refractivity contribution in [3.63, 3.8) is 0 Å². The van der Waals surface area contributed by atoms with Crippen LogP contribution in [0.3, 0.4) is 0 Å². The fourth-order valence-electron chi connectivity index (χ4n) is 1.80. The topological polar surface area (TPSA) is 89.5 Å². The molecule has 6 heteroatoms. The Bertz CT molecular complexity index is 486. The van der Waals surface area contributed by atoms with E-state index in [9.17, 15) is 14.9 Å². The van der Waals surface area contributed by atoms with E-state index in [4.69, 9.17) is 5.73 Å². The smallest absolute Gasteiger partial charge is 0.282 e. The van der Waals surface area contributed by atoms with Gasteiger partial charge in [0.25, 0.3) is 11.6 Å². The number of nitro benzene ring substituents is 1. The Balaban J connectivity index is 2.98. The molecule has 0 aliphatic rings. The van der Waals surface area contributed by atoms with Crippen molar-refractivity contribution in [3.05, 3.63) is 39.9 Å². The molecule has 0 radical (unpaired) electrons. The van der Waals surface area contributed by atoms with Crippen molar-refractivity contribution in [3.8, 4) is 0 Å². The van der Waals surface area contributed by atoms with E-state index in [1.54, 1.807) is 19.2 Å². The van der Waals surface area contributed by atoms with E-state index in [-0.39, 0.29) is 22.6 Å².